The van der Waals surface area contributed by atoms with Crippen LogP contribution in [0.4, 0.5) is 18.9 Å². The van der Waals surface area contributed by atoms with Crippen molar-refractivity contribution < 1.29 is 36.3 Å². The molecule has 2 unspecified atom stereocenters. The lowest BCUT2D eigenvalue weighted by atomic mass is 10.0. The van der Waals surface area contributed by atoms with Gasteiger partial charge in [-0.05, 0) is 42.0 Å². The molecule has 3 heterocycles. The molecule has 1 amide bonds. The van der Waals surface area contributed by atoms with E-state index in [9.17, 15) is 26.4 Å². The summed E-state index contributed by atoms with van der Waals surface area (Å²) in [5.41, 5.74) is 2.30. The van der Waals surface area contributed by atoms with Crippen molar-refractivity contribution in [1.29, 1.82) is 0 Å². The summed E-state index contributed by atoms with van der Waals surface area (Å²) in [5.74, 6) is -2.07. The third kappa shape index (κ3) is 6.86. The molecule has 3 aromatic rings. The minimum atomic E-state index is -5.08. The predicted molar refractivity (Wildman–Crippen MR) is 140 cm³/mol. The van der Waals surface area contributed by atoms with E-state index >= 15 is 0 Å². The van der Waals surface area contributed by atoms with Crippen LogP contribution in [0, 0.1) is 4.77 Å². The SMILES string of the molecule is O=C(NC1CNCC1c1n[nH]c(=S)[nH]1)c1ccc(CN2CCS(=O)(=O)c3ccccc32)cc1.O=C(O)C(F)(F)F. The molecule has 0 bridgehead atoms. The molecule has 2 aliphatic rings. The number of aliphatic carboxylic acids is 1. The molecule has 2 aromatic carbocycles. The summed E-state index contributed by atoms with van der Waals surface area (Å²) in [6.45, 7) is 2.36. The Morgan fingerprint density at radius 2 is 1.80 bits per heavy atom. The molecule has 16 heteroatoms. The first-order valence-corrected chi connectivity index (χ1v) is 14.0. The van der Waals surface area contributed by atoms with Gasteiger partial charge in [-0.25, -0.2) is 13.2 Å². The van der Waals surface area contributed by atoms with Crippen LogP contribution in [0.15, 0.2) is 53.4 Å². The van der Waals surface area contributed by atoms with Gasteiger partial charge in [0.25, 0.3) is 5.91 Å². The number of hydrogen-bond acceptors (Lipinski definition) is 8. The number of H-pyrrole nitrogens is 2. The van der Waals surface area contributed by atoms with Crippen molar-refractivity contribution in [3.05, 3.63) is 70.3 Å². The predicted octanol–water partition coefficient (Wildman–Crippen LogP) is 2.38. The van der Waals surface area contributed by atoms with Crippen LogP contribution < -0.4 is 15.5 Å². The number of hydrogen-bond donors (Lipinski definition) is 5. The van der Waals surface area contributed by atoms with E-state index in [-0.39, 0.29) is 23.6 Å². The topological polar surface area (TPSA) is 160 Å². The fraction of sp³-hybridized carbons (Fsp3) is 0.333. The fourth-order valence-electron chi connectivity index (χ4n) is 4.42. The highest BCUT2D eigenvalue weighted by molar-refractivity contribution is 7.91. The van der Waals surface area contributed by atoms with Crippen molar-refractivity contribution in [3.8, 4) is 0 Å². The molecule has 0 saturated carbocycles. The highest BCUT2D eigenvalue weighted by Gasteiger charge is 2.38. The van der Waals surface area contributed by atoms with E-state index in [0.29, 0.717) is 41.4 Å². The molecular formula is C24H25F3N6O5S2. The summed E-state index contributed by atoms with van der Waals surface area (Å²) in [7, 11) is -3.23. The number of halogens is 3. The third-order valence-electron chi connectivity index (χ3n) is 6.40. The number of carbonyl (C=O) groups excluding carboxylic acids is 1. The Balaban J connectivity index is 0.000000470. The summed E-state index contributed by atoms with van der Waals surface area (Å²) < 4.78 is 56.9. The van der Waals surface area contributed by atoms with Crippen molar-refractivity contribution in [2.75, 3.05) is 30.3 Å². The number of sulfone groups is 1. The Hall–Kier alpha value is -3.76. The second kappa shape index (κ2) is 11.8. The number of para-hydroxylation sites is 1. The molecule has 1 aromatic heterocycles. The maximum atomic E-state index is 12.8. The largest absolute Gasteiger partial charge is 0.490 e. The Kier molecular flexibility index (Phi) is 8.60. The quantitative estimate of drug-likeness (QED) is 0.278. The van der Waals surface area contributed by atoms with Crippen LogP contribution >= 0.6 is 12.2 Å². The number of benzene rings is 2. The minimum absolute atomic E-state index is 0.0108. The van der Waals surface area contributed by atoms with Gasteiger partial charge in [-0.1, -0.05) is 24.3 Å². The van der Waals surface area contributed by atoms with Crippen molar-refractivity contribution in [2.24, 2.45) is 0 Å². The van der Waals surface area contributed by atoms with E-state index in [2.05, 4.69) is 30.7 Å². The van der Waals surface area contributed by atoms with Crippen LogP contribution in [0.25, 0.3) is 0 Å². The van der Waals surface area contributed by atoms with E-state index < -0.39 is 22.0 Å². The van der Waals surface area contributed by atoms with Crippen LogP contribution in [0.5, 0.6) is 0 Å². The van der Waals surface area contributed by atoms with Gasteiger partial charge in [0.1, 0.15) is 5.82 Å². The number of anilines is 1. The van der Waals surface area contributed by atoms with E-state index in [1.807, 2.05) is 24.3 Å². The number of carboxylic acid groups (broad SMARTS) is 1. The maximum absolute atomic E-state index is 12.8. The molecule has 5 rings (SSSR count). The summed E-state index contributed by atoms with van der Waals surface area (Å²) in [6.07, 6.45) is -5.08. The zero-order valence-corrected chi connectivity index (χ0v) is 22.4. The summed E-state index contributed by atoms with van der Waals surface area (Å²) >= 11 is 5.06. The number of carboxylic acids is 1. The zero-order valence-electron chi connectivity index (χ0n) is 20.7. The second-order valence-corrected chi connectivity index (χ2v) is 11.6. The highest BCUT2D eigenvalue weighted by Crippen LogP contribution is 2.31. The van der Waals surface area contributed by atoms with Crippen LogP contribution in [-0.4, -0.2) is 78.2 Å². The molecule has 5 N–H and O–H groups in total. The van der Waals surface area contributed by atoms with Crippen LogP contribution in [-0.2, 0) is 21.2 Å². The average Bonchev–Trinajstić information content (AvgIpc) is 3.54. The molecule has 0 spiro atoms. The van der Waals surface area contributed by atoms with E-state index in [1.165, 1.54) is 0 Å². The second-order valence-electron chi connectivity index (χ2n) is 9.12. The first kappa shape index (κ1) is 29.2. The number of rotatable bonds is 5. The third-order valence-corrected chi connectivity index (χ3v) is 8.33. The first-order valence-electron chi connectivity index (χ1n) is 12.0. The molecule has 0 aliphatic carbocycles. The lowest BCUT2D eigenvalue weighted by Crippen LogP contribution is -2.39. The smallest absolute Gasteiger partial charge is 0.475 e. The van der Waals surface area contributed by atoms with Crippen molar-refractivity contribution in [1.82, 2.24) is 25.8 Å². The lowest BCUT2D eigenvalue weighted by molar-refractivity contribution is -0.192. The summed E-state index contributed by atoms with van der Waals surface area (Å²) in [5, 5.41) is 20.4. The first-order chi connectivity index (χ1) is 18.8. The number of carbonyl (C=O) groups is 2. The van der Waals surface area contributed by atoms with E-state index in [4.69, 9.17) is 22.1 Å². The normalized spacial score (nSPS) is 19.7. The number of aromatic amines is 2. The van der Waals surface area contributed by atoms with E-state index in [0.717, 1.165) is 17.1 Å². The highest BCUT2D eigenvalue weighted by atomic mass is 32.2. The number of fused-ring (bicyclic) bond motifs is 1. The zero-order chi connectivity index (χ0) is 29.1. The number of aromatic nitrogens is 3. The van der Waals surface area contributed by atoms with Crippen LogP contribution in [0.3, 0.4) is 0 Å². The molecule has 0 radical (unpaired) electrons. The van der Waals surface area contributed by atoms with Crippen molar-refractivity contribution in [3.63, 3.8) is 0 Å². The molecule has 1 fully saturated rings. The Labute approximate surface area is 231 Å². The summed E-state index contributed by atoms with van der Waals surface area (Å²) in [6, 6.07) is 14.4. The molecule has 40 heavy (non-hydrogen) atoms. The molecule has 2 aliphatic heterocycles. The molecule has 214 valence electrons. The van der Waals surface area contributed by atoms with Gasteiger partial charge in [0.2, 0.25) is 0 Å². The molecule has 2 atom stereocenters. The lowest BCUT2D eigenvalue weighted by Gasteiger charge is -2.31. The van der Waals surface area contributed by atoms with Crippen molar-refractivity contribution in [2.45, 2.75) is 29.6 Å². The Morgan fingerprint density at radius 3 is 2.42 bits per heavy atom. The van der Waals surface area contributed by atoms with Crippen LogP contribution in [0.2, 0.25) is 0 Å². The fourth-order valence-corrected chi connectivity index (χ4v) is 6.05. The number of nitrogens with one attached hydrogen (secondary N) is 4. The molecule has 1 saturated heterocycles. The van der Waals surface area contributed by atoms with Crippen molar-refractivity contribution >= 4 is 39.6 Å². The van der Waals surface area contributed by atoms with Gasteiger partial charge in [0, 0.05) is 31.7 Å². The standard InChI is InChI=1S/C22H24N6O3S2.C2HF3O2/c29-21(24-17-12-23-11-16(17)20-25-22(32)27-26-20)15-7-5-14(6-8-15)13-28-9-10-33(30,31)19-4-2-1-3-18(19)28;3-2(4,5)1(6)7/h1-8,16-17,23H,9-13H2,(H,24,29)(H2,25,26,27,32);(H,6,7). The number of nitrogens with zero attached hydrogens (tertiary/aromatic N) is 2. The molecular weight excluding hydrogens is 573 g/mol. The van der Waals surface area contributed by atoms with Gasteiger partial charge in [-0.3, -0.25) is 9.89 Å². The van der Waals surface area contributed by atoms with Gasteiger partial charge in [-0.2, -0.15) is 18.3 Å². The average molecular weight is 599 g/mol. The maximum Gasteiger partial charge on any atom is 0.490 e. The minimum Gasteiger partial charge on any atom is -0.475 e. The van der Waals surface area contributed by atoms with Gasteiger partial charge in [0.05, 0.1) is 28.3 Å². The number of amides is 1. The Bertz CT molecular complexity index is 1540. The van der Waals surface area contributed by atoms with Gasteiger partial charge in [0.15, 0.2) is 14.6 Å². The van der Waals surface area contributed by atoms with Gasteiger partial charge in [-0.15, -0.1) is 0 Å². The number of alkyl halides is 3. The van der Waals surface area contributed by atoms with Gasteiger partial charge >= 0.3 is 12.1 Å². The summed E-state index contributed by atoms with van der Waals surface area (Å²) in [4.78, 5) is 27.2. The van der Waals surface area contributed by atoms with Gasteiger partial charge < -0.3 is 25.6 Å². The monoisotopic (exact) mass is 598 g/mol. The molecule has 11 nitrogen and oxygen atoms in total. The Morgan fingerprint density at radius 1 is 1.12 bits per heavy atom. The van der Waals surface area contributed by atoms with Crippen LogP contribution in [0.1, 0.15) is 27.7 Å². The van der Waals surface area contributed by atoms with E-state index in [1.54, 1.807) is 24.3 Å².